The summed E-state index contributed by atoms with van der Waals surface area (Å²) < 4.78 is 0. The highest BCUT2D eigenvalue weighted by Gasteiger charge is 2.10. The van der Waals surface area contributed by atoms with Crippen LogP contribution in [0, 0.1) is 13.8 Å². The van der Waals surface area contributed by atoms with Crippen molar-refractivity contribution in [1.29, 1.82) is 0 Å². The van der Waals surface area contributed by atoms with Crippen LogP contribution in [-0.2, 0) is 0 Å². The summed E-state index contributed by atoms with van der Waals surface area (Å²) in [5.41, 5.74) is 2.00. The van der Waals surface area contributed by atoms with Crippen LogP contribution in [0.2, 0.25) is 5.15 Å². The maximum absolute atomic E-state index is 6.28. The molecule has 2 aromatic heterocycles. The van der Waals surface area contributed by atoms with Gasteiger partial charge in [0, 0.05) is 10.3 Å². The Morgan fingerprint density at radius 2 is 1.89 bits per heavy atom. The molecule has 0 atom stereocenters. The quantitative estimate of drug-likeness (QED) is 0.605. The van der Waals surface area contributed by atoms with Crippen molar-refractivity contribution in [2.45, 2.75) is 13.8 Å². The van der Waals surface area contributed by atoms with Gasteiger partial charge in [-0.2, -0.15) is 0 Å². The predicted molar refractivity (Wildman–Crippen MR) is 77.3 cm³/mol. The van der Waals surface area contributed by atoms with Crippen molar-refractivity contribution in [3.05, 3.63) is 45.9 Å². The van der Waals surface area contributed by atoms with E-state index in [4.69, 9.17) is 11.6 Å². The number of aromatic nitrogens is 2. The predicted octanol–water partition coefficient (Wildman–Crippen LogP) is 4.63. The molecule has 3 rings (SSSR count). The van der Waals surface area contributed by atoms with Gasteiger partial charge < -0.3 is 0 Å². The second-order valence-electron chi connectivity index (χ2n) is 4.22. The lowest BCUT2D eigenvalue weighted by Crippen LogP contribution is -1.91. The molecule has 0 aliphatic rings. The first-order valence-corrected chi connectivity index (χ1v) is 6.84. The first-order valence-electron chi connectivity index (χ1n) is 5.65. The van der Waals surface area contributed by atoms with E-state index in [2.05, 4.69) is 23.0 Å². The summed E-state index contributed by atoms with van der Waals surface area (Å²) in [6, 6.07) is 10.1. The average Bonchev–Trinajstić information content (AvgIpc) is 2.75. The molecule has 1 aromatic carbocycles. The minimum Gasteiger partial charge on any atom is -0.227 e. The Morgan fingerprint density at radius 3 is 2.61 bits per heavy atom. The van der Waals surface area contributed by atoms with E-state index >= 15 is 0 Å². The molecule has 0 saturated heterocycles. The van der Waals surface area contributed by atoms with Crippen LogP contribution in [0.15, 0.2) is 30.3 Å². The smallest absolute Gasteiger partial charge is 0.171 e. The number of fused-ring (bicyclic) bond motifs is 1. The van der Waals surface area contributed by atoms with Gasteiger partial charge in [0.2, 0.25) is 0 Å². The lowest BCUT2D eigenvalue weighted by molar-refractivity contribution is 1.23. The molecule has 90 valence electrons. The van der Waals surface area contributed by atoms with E-state index in [1.165, 1.54) is 4.88 Å². The highest BCUT2D eigenvalue weighted by Crippen LogP contribution is 2.30. The minimum absolute atomic E-state index is 0.527. The van der Waals surface area contributed by atoms with E-state index < -0.39 is 0 Å². The Hall–Kier alpha value is -1.45. The highest BCUT2D eigenvalue weighted by atomic mass is 35.5. The average molecular weight is 275 g/mol. The van der Waals surface area contributed by atoms with Crippen LogP contribution in [0.1, 0.15) is 10.4 Å². The molecule has 0 aliphatic carbocycles. The SMILES string of the molecule is Cc1ccc(-c2nc(Cl)c3c(C)cccc3n2)s1. The molecule has 3 aromatic rings. The molecule has 4 heteroatoms. The molecular formula is C14H11ClN2S. The van der Waals surface area contributed by atoms with E-state index in [0.717, 1.165) is 21.3 Å². The Balaban J connectivity index is 2.28. The zero-order valence-electron chi connectivity index (χ0n) is 10.1. The molecular weight excluding hydrogens is 264 g/mol. The minimum atomic E-state index is 0.527. The number of hydrogen-bond donors (Lipinski definition) is 0. The van der Waals surface area contributed by atoms with Crippen molar-refractivity contribution >= 4 is 33.8 Å². The molecule has 2 nitrogen and oxygen atoms in total. The summed E-state index contributed by atoms with van der Waals surface area (Å²) in [7, 11) is 0. The van der Waals surface area contributed by atoms with E-state index in [1.54, 1.807) is 11.3 Å². The molecule has 0 N–H and O–H groups in total. The van der Waals surface area contributed by atoms with Gasteiger partial charge in [0.25, 0.3) is 0 Å². The highest BCUT2D eigenvalue weighted by molar-refractivity contribution is 7.15. The maximum atomic E-state index is 6.28. The summed E-state index contributed by atoms with van der Waals surface area (Å²) in [6.45, 7) is 4.09. The number of rotatable bonds is 1. The van der Waals surface area contributed by atoms with Gasteiger partial charge >= 0.3 is 0 Å². The van der Waals surface area contributed by atoms with Gasteiger partial charge in [0.1, 0.15) is 5.15 Å². The normalized spacial score (nSPS) is 11.1. The zero-order valence-corrected chi connectivity index (χ0v) is 11.6. The fourth-order valence-electron chi connectivity index (χ4n) is 1.97. The second-order valence-corrected chi connectivity index (χ2v) is 5.86. The van der Waals surface area contributed by atoms with Crippen LogP contribution in [-0.4, -0.2) is 9.97 Å². The molecule has 0 amide bonds. The summed E-state index contributed by atoms with van der Waals surface area (Å²) in [4.78, 5) is 11.3. The zero-order chi connectivity index (χ0) is 12.7. The van der Waals surface area contributed by atoms with E-state index in [0.29, 0.717) is 11.0 Å². The Kier molecular flexibility index (Phi) is 2.80. The Bertz CT molecular complexity index is 734. The molecule has 0 saturated carbocycles. The number of hydrogen-bond acceptors (Lipinski definition) is 3. The molecule has 0 fully saturated rings. The van der Waals surface area contributed by atoms with Crippen LogP contribution in [0.4, 0.5) is 0 Å². The van der Waals surface area contributed by atoms with Crippen molar-refractivity contribution in [1.82, 2.24) is 9.97 Å². The lowest BCUT2D eigenvalue weighted by Gasteiger charge is -2.05. The number of nitrogens with zero attached hydrogens (tertiary/aromatic N) is 2. The molecule has 0 radical (unpaired) electrons. The number of aryl methyl sites for hydroxylation is 2. The third-order valence-corrected chi connectivity index (χ3v) is 4.12. The molecule has 18 heavy (non-hydrogen) atoms. The fourth-order valence-corrected chi connectivity index (χ4v) is 3.09. The van der Waals surface area contributed by atoms with Gasteiger partial charge in [-0.3, -0.25) is 0 Å². The molecule has 0 bridgehead atoms. The van der Waals surface area contributed by atoms with Gasteiger partial charge in [0.15, 0.2) is 5.82 Å². The van der Waals surface area contributed by atoms with Crippen molar-refractivity contribution < 1.29 is 0 Å². The van der Waals surface area contributed by atoms with Crippen molar-refractivity contribution in [2.24, 2.45) is 0 Å². The summed E-state index contributed by atoms with van der Waals surface area (Å²) in [6.07, 6.45) is 0. The second kappa shape index (κ2) is 4.34. The van der Waals surface area contributed by atoms with Crippen molar-refractivity contribution in [3.8, 4) is 10.7 Å². The Labute approximate surface area is 114 Å². The van der Waals surface area contributed by atoms with Crippen LogP contribution in [0.5, 0.6) is 0 Å². The third-order valence-electron chi connectivity index (χ3n) is 2.85. The first-order chi connectivity index (χ1) is 8.65. The first kappa shape index (κ1) is 11.6. The van der Waals surface area contributed by atoms with E-state index in [1.807, 2.05) is 31.2 Å². The topological polar surface area (TPSA) is 25.8 Å². The molecule has 2 heterocycles. The fraction of sp³-hybridized carbons (Fsp3) is 0.143. The van der Waals surface area contributed by atoms with Crippen LogP contribution in [0.3, 0.4) is 0 Å². The summed E-state index contributed by atoms with van der Waals surface area (Å²) in [5.74, 6) is 0.705. The van der Waals surface area contributed by atoms with Crippen molar-refractivity contribution in [2.75, 3.05) is 0 Å². The van der Waals surface area contributed by atoms with Crippen LogP contribution < -0.4 is 0 Å². The van der Waals surface area contributed by atoms with E-state index in [-0.39, 0.29) is 0 Å². The van der Waals surface area contributed by atoms with E-state index in [9.17, 15) is 0 Å². The molecule has 0 aliphatic heterocycles. The van der Waals surface area contributed by atoms with Gasteiger partial charge in [-0.1, -0.05) is 23.7 Å². The Morgan fingerprint density at radius 1 is 1.06 bits per heavy atom. The van der Waals surface area contributed by atoms with Gasteiger partial charge in [-0.15, -0.1) is 11.3 Å². The van der Waals surface area contributed by atoms with Crippen LogP contribution >= 0.6 is 22.9 Å². The van der Waals surface area contributed by atoms with Gasteiger partial charge in [-0.05, 0) is 37.6 Å². The molecule has 0 unspecified atom stereocenters. The lowest BCUT2D eigenvalue weighted by atomic mass is 10.1. The monoisotopic (exact) mass is 274 g/mol. The number of thiophene rings is 1. The number of halogens is 1. The largest absolute Gasteiger partial charge is 0.227 e. The third kappa shape index (κ3) is 1.89. The summed E-state index contributed by atoms with van der Waals surface area (Å²) >= 11 is 7.96. The van der Waals surface area contributed by atoms with Gasteiger partial charge in [-0.25, -0.2) is 9.97 Å². The summed E-state index contributed by atoms with van der Waals surface area (Å²) in [5, 5.41) is 1.47. The number of benzene rings is 1. The maximum Gasteiger partial charge on any atom is 0.171 e. The molecule has 0 spiro atoms. The van der Waals surface area contributed by atoms with Gasteiger partial charge in [0.05, 0.1) is 10.4 Å². The van der Waals surface area contributed by atoms with Crippen molar-refractivity contribution in [3.63, 3.8) is 0 Å². The van der Waals surface area contributed by atoms with Crippen LogP contribution in [0.25, 0.3) is 21.6 Å². The standard InChI is InChI=1S/C14H11ClN2S/c1-8-4-3-5-10-12(8)13(15)17-14(16-10)11-7-6-9(2)18-11/h3-7H,1-2H3.